The Morgan fingerprint density at radius 3 is 2.95 bits per heavy atom. The summed E-state index contributed by atoms with van der Waals surface area (Å²) >= 11 is 0. The summed E-state index contributed by atoms with van der Waals surface area (Å²) in [7, 11) is 0. The van der Waals surface area contributed by atoms with Gasteiger partial charge in [0.25, 0.3) is 0 Å². The normalized spacial score (nSPS) is 10.6. The zero-order valence-corrected chi connectivity index (χ0v) is 10.5. The molecule has 0 spiro atoms. The standard InChI is InChI=1S/C14H13N3O2/c1-10-2-3-12(14-17-16-9-19-14)6-13(10)15-7-11-4-5-18-8-11/h2-6,8-9,15H,7H2,1H3. The van der Waals surface area contributed by atoms with Crippen LogP contribution in [0.3, 0.4) is 0 Å². The number of hydrogen-bond acceptors (Lipinski definition) is 5. The monoisotopic (exact) mass is 255 g/mol. The van der Waals surface area contributed by atoms with Gasteiger partial charge in [-0.05, 0) is 30.7 Å². The molecule has 1 aromatic carbocycles. The molecule has 0 aliphatic carbocycles. The zero-order chi connectivity index (χ0) is 13.1. The first-order valence-electron chi connectivity index (χ1n) is 5.95. The SMILES string of the molecule is Cc1ccc(-c2nnco2)cc1NCc1ccoc1. The molecule has 0 aliphatic rings. The Hall–Kier alpha value is -2.56. The van der Waals surface area contributed by atoms with Crippen LogP contribution >= 0.6 is 0 Å². The van der Waals surface area contributed by atoms with E-state index in [9.17, 15) is 0 Å². The molecule has 0 atom stereocenters. The molecular weight excluding hydrogens is 242 g/mol. The van der Waals surface area contributed by atoms with E-state index in [2.05, 4.69) is 22.4 Å². The van der Waals surface area contributed by atoms with Crippen molar-refractivity contribution in [3.8, 4) is 11.5 Å². The Labute approximate surface area is 110 Å². The molecule has 5 nitrogen and oxygen atoms in total. The summed E-state index contributed by atoms with van der Waals surface area (Å²) in [6.45, 7) is 2.76. The van der Waals surface area contributed by atoms with E-state index in [4.69, 9.17) is 8.83 Å². The molecule has 5 heteroatoms. The van der Waals surface area contributed by atoms with E-state index in [1.54, 1.807) is 12.5 Å². The highest BCUT2D eigenvalue weighted by atomic mass is 16.4. The van der Waals surface area contributed by atoms with Gasteiger partial charge in [-0.3, -0.25) is 0 Å². The van der Waals surface area contributed by atoms with E-state index in [0.29, 0.717) is 12.4 Å². The Balaban J connectivity index is 1.82. The fraction of sp³-hybridized carbons (Fsp3) is 0.143. The third kappa shape index (κ3) is 2.49. The summed E-state index contributed by atoms with van der Waals surface area (Å²) < 4.78 is 10.2. The average molecular weight is 255 g/mol. The third-order valence-corrected chi connectivity index (χ3v) is 2.91. The molecule has 1 N–H and O–H groups in total. The molecule has 2 heterocycles. The molecule has 0 saturated heterocycles. The minimum absolute atomic E-state index is 0.520. The van der Waals surface area contributed by atoms with E-state index in [-0.39, 0.29) is 0 Å². The largest absolute Gasteiger partial charge is 0.472 e. The third-order valence-electron chi connectivity index (χ3n) is 2.91. The van der Waals surface area contributed by atoms with E-state index in [1.165, 1.54) is 6.39 Å². The maximum atomic E-state index is 5.20. The Morgan fingerprint density at radius 2 is 2.21 bits per heavy atom. The van der Waals surface area contributed by atoms with Crippen LogP contribution in [0.5, 0.6) is 0 Å². The fourth-order valence-electron chi connectivity index (χ4n) is 1.83. The number of benzene rings is 1. The van der Waals surface area contributed by atoms with Gasteiger partial charge in [0.1, 0.15) is 0 Å². The van der Waals surface area contributed by atoms with Gasteiger partial charge in [0.15, 0.2) is 0 Å². The quantitative estimate of drug-likeness (QED) is 0.775. The first kappa shape index (κ1) is 11.5. The van der Waals surface area contributed by atoms with Crippen LogP contribution in [0.1, 0.15) is 11.1 Å². The van der Waals surface area contributed by atoms with E-state index in [1.807, 2.05) is 24.3 Å². The lowest BCUT2D eigenvalue weighted by atomic mass is 10.1. The Bertz CT molecular complexity index is 645. The van der Waals surface area contributed by atoms with Crippen LogP contribution in [-0.2, 0) is 6.54 Å². The number of nitrogens with zero attached hydrogens (tertiary/aromatic N) is 2. The Morgan fingerprint density at radius 1 is 1.26 bits per heavy atom. The lowest BCUT2D eigenvalue weighted by Gasteiger charge is -2.09. The number of nitrogens with one attached hydrogen (secondary N) is 1. The predicted octanol–water partition coefficient (Wildman–Crippen LogP) is 3.25. The van der Waals surface area contributed by atoms with Crippen molar-refractivity contribution in [3.05, 3.63) is 54.3 Å². The van der Waals surface area contributed by atoms with Gasteiger partial charge in [0, 0.05) is 23.4 Å². The van der Waals surface area contributed by atoms with Crippen LogP contribution in [0, 0.1) is 6.92 Å². The number of aryl methyl sites for hydroxylation is 1. The summed E-state index contributed by atoms with van der Waals surface area (Å²) in [6.07, 6.45) is 4.72. The molecule has 0 amide bonds. The van der Waals surface area contributed by atoms with Crippen molar-refractivity contribution < 1.29 is 8.83 Å². The van der Waals surface area contributed by atoms with Gasteiger partial charge in [-0.25, -0.2) is 0 Å². The van der Waals surface area contributed by atoms with Gasteiger partial charge >= 0.3 is 0 Å². The summed E-state index contributed by atoms with van der Waals surface area (Å²) in [5.41, 5.74) is 4.20. The fourth-order valence-corrected chi connectivity index (χ4v) is 1.83. The van der Waals surface area contributed by atoms with Crippen LogP contribution in [0.2, 0.25) is 0 Å². The first-order valence-corrected chi connectivity index (χ1v) is 5.95. The van der Waals surface area contributed by atoms with Gasteiger partial charge in [0.2, 0.25) is 12.3 Å². The second kappa shape index (κ2) is 4.97. The smallest absolute Gasteiger partial charge is 0.247 e. The van der Waals surface area contributed by atoms with Crippen molar-refractivity contribution in [1.29, 1.82) is 0 Å². The van der Waals surface area contributed by atoms with Gasteiger partial charge < -0.3 is 14.2 Å². The Kier molecular flexibility index (Phi) is 3.02. The minimum atomic E-state index is 0.520. The molecule has 0 bridgehead atoms. The minimum Gasteiger partial charge on any atom is -0.472 e. The number of rotatable bonds is 4. The van der Waals surface area contributed by atoms with Crippen LogP contribution < -0.4 is 5.32 Å². The molecule has 0 radical (unpaired) electrons. The molecule has 0 fully saturated rings. The summed E-state index contributed by atoms with van der Waals surface area (Å²) in [5, 5.41) is 11.0. The van der Waals surface area contributed by atoms with Crippen LogP contribution in [0.4, 0.5) is 5.69 Å². The lowest BCUT2D eigenvalue weighted by molar-refractivity contribution is 0.564. The highest BCUT2D eigenvalue weighted by molar-refractivity contribution is 5.64. The van der Waals surface area contributed by atoms with E-state index in [0.717, 1.165) is 22.4 Å². The molecule has 0 saturated carbocycles. The molecule has 96 valence electrons. The summed E-state index contributed by atoms with van der Waals surface area (Å²) in [6, 6.07) is 7.93. The molecule has 3 rings (SSSR count). The summed E-state index contributed by atoms with van der Waals surface area (Å²) in [5.74, 6) is 0.520. The number of furan rings is 1. The molecule has 2 aromatic heterocycles. The highest BCUT2D eigenvalue weighted by Crippen LogP contribution is 2.24. The lowest BCUT2D eigenvalue weighted by Crippen LogP contribution is -2.00. The number of anilines is 1. The van der Waals surface area contributed by atoms with Crippen LogP contribution in [0.15, 0.2) is 52.0 Å². The van der Waals surface area contributed by atoms with Crippen molar-refractivity contribution in [3.63, 3.8) is 0 Å². The summed E-state index contributed by atoms with van der Waals surface area (Å²) in [4.78, 5) is 0. The van der Waals surface area contributed by atoms with Gasteiger partial charge in [0.05, 0.1) is 12.5 Å². The number of hydrogen-bond donors (Lipinski definition) is 1. The first-order chi connectivity index (χ1) is 9.33. The maximum absolute atomic E-state index is 5.20. The number of aromatic nitrogens is 2. The van der Waals surface area contributed by atoms with Crippen molar-refractivity contribution in [2.45, 2.75) is 13.5 Å². The van der Waals surface area contributed by atoms with Crippen molar-refractivity contribution in [2.24, 2.45) is 0 Å². The maximum Gasteiger partial charge on any atom is 0.247 e. The van der Waals surface area contributed by atoms with E-state index < -0.39 is 0 Å². The van der Waals surface area contributed by atoms with Gasteiger partial charge in [-0.1, -0.05) is 6.07 Å². The van der Waals surface area contributed by atoms with Crippen molar-refractivity contribution >= 4 is 5.69 Å². The van der Waals surface area contributed by atoms with Crippen LogP contribution in [0.25, 0.3) is 11.5 Å². The molecule has 3 aromatic rings. The van der Waals surface area contributed by atoms with E-state index >= 15 is 0 Å². The van der Waals surface area contributed by atoms with Crippen molar-refractivity contribution in [1.82, 2.24) is 10.2 Å². The van der Waals surface area contributed by atoms with Crippen molar-refractivity contribution in [2.75, 3.05) is 5.32 Å². The van der Waals surface area contributed by atoms with Gasteiger partial charge in [-0.2, -0.15) is 0 Å². The average Bonchev–Trinajstić information content (AvgIpc) is 3.11. The molecular formula is C14H13N3O2. The topological polar surface area (TPSA) is 64.1 Å². The van der Waals surface area contributed by atoms with Crippen LogP contribution in [-0.4, -0.2) is 10.2 Å². The highest BCUT2D eigenvalue weighted by Gasteiger charge is 2.06. The second-order valence-electron chi connectivity index (χ2n) is 4.26. The molecule has 19 heavy (non-hydrogen) atoms. The predicted molar refractivity (Wildman–Crippen MR) is 70.5 cm³/mol. The molecule has 0 unspecified atom stereocenters. The molecule has 0 aliphatic heterocycles. The van der Waals surface area contributed by atoms with Gasteiger partial charge in [-0.15, -0.1) is 10.2 Å². The second-order valence-corrected chi connectivity index (χ2v) is 4.26. The zero-order valence-electron chi connectivity index (χ0n) is 10.5.